The number of nitrogens with zero attached hydrogens (tertiary/aromatic N) is 1. The third kappa shape index (κ3) is 3.89. The number of hydrogen-bond acceptors (Lipinski definition) is 3. The van der Waals surface area contributed by atoms with E-state index in [0.29, 0.717) is 5.39 Å². The van der Waals surface area contributed by atoms with Gasteiger partial charge in [0.05, 0.1) is 52.2 Å². The van der Waals surface area contributed by atoms with Crippen molar-refractivity contribution in [2.45, 2.75) is 21.6 Å². The average Bonchev–Trinajstić information content (AvgIpc) is 3.74. The van der Waals surface area contributed by atoms with Crippen LogP contribution in [0.25, 0.3) is 76.9 Å². The van der Waals surface area contributed by atoms with Crippen LogP contribution in [0.2, 0.25) is 0 Å². The molecule has 4 nitrogen and oxygen atoms in total. The van der Waals surface area contributed by atoms with Crippen LogP contribution in [-0.4, -0.2) is 12.8 Å². The molecule has 2 aliphatic heterocycles. The van der Waals surface area contributed by atoms with E-state index in [4.69, 9.17) is 0 Å². The summed E-state index contributed by atoms with van der Waals surface area (Å²) in [5.74, 6) is 0. The molecule has 0 spiro atoms. The summed E-state index contributed by atoms with van der Waals surface area (Å²) < 4.78 is 29.0. The number of pyridine rings is 1. The lowest BCUT2D eigenvalue weighted by Gasteiger charge is -2.10. The summed E-state index contributed by atoms with van der Waals surface area (Å²) in [6.45, 7) is 5.92. The molecular formula is C44H27NO3S2. The normalized spacial score (nSPS) is 16.7. The van der Waals surface area contributed by atoms with Gasteiger partial charge in [0.15, 0.2) is 0 Å². The Kier molecular flexibility index (Phi) is 6.23. The summed E-state index contributed by atoms with van der Waals surface area (Å²) >= 11 is 0. The fourth-order valence-corrected chi connectivity index (χ4v) is 10.9. The van der Waals surface area contributed by atoms with Crippen LogP contribution < -0.4 is 5.56 Å². The van der Waals surface area contributed by atoms with E-state index >= 15 is 0 Å². The molecule has 0 bridgehead atoms. The molecule has 0 saturated heterocycles. The lowest BCUT2D eigenvalue weighted by molar-refractivity contribution is 0.684. The van der Waals surface area contributed by atoms with Crippen molar-refractivity contribution >= 4 is 65.1 Å². The van der Waals surface area contributed by atoms with E-state index in [1.165, 1.54) is 0 Å². The van der Waals surface area contributed by atoms with Gasteiger partial charge < -0.3 is 0 Å². The standard InChI is InChI=1S/C44H27NO3S2/c1-3-9-39-29(4-2)32-17-15-27(24-41(32)49(39)47)28-21-36-30-10-5-6-12-34(30)44(46)45-38-19-16-25(20-35(38)37(22-28)43(36)45)26-14-18-33-31-11-7-8-13-40(31)50(48)42(33)23-26/h3-24H,2H2,1H3/b9-3-. The van der Waals surface area contributed by atoms with Crippen LogP contribution in [0, 0.1) is 0 Å². The van der Waals surface area contributed by atoms with Crippen molar-refractivity contribution in [3.63, 3.8) is 0 Å². The first-order valence-electron chi connectivity index (χ1n) is 16.4. The van der Waals surface area contributed by atoms with Crippen molar-refractivity contribution < 1.29 is 8.42 Å². The van der Waals surface area contributed by atoms with Crippen molar-refractivity contribution in [2.24, 2.45) is 0 Å². The molecule has 2 aliphatic rings. The molecule has 10 rings (SSSR count). The van der Waals surface area contributed by atoms with Gasteiger partial charge in [0.25, 0.3) is 5.56 Å². The van der Waals surface area contributed by atoms with Crippen molar-refractivity contribution in [3.8, 4) is 33.4 Å². The van der Waals surface area contributed by atoms with E-state index in [1.54, 1.807) is 6.08 Å². The molecular weight excluding hydrogens is 655 g/mol. The van der Waals surface area contributed by atoms with Crippen LogP contribution in [0.15, 0.2) is 164 Å². The molecule has 0 amide bonds. The lowest BCUT2D eigenvalue weighted by atomic mass is 9.95. The summed E-state index contributed by atoms with van der Waals surface area (Å²) in [5.41, 5.74) is 9.41. The second-order valence-electron chi connectivity index (χ2n) is 12.8. The van der Waals surface area contributed by atoms with E-state index < -0.39 is 21.6 Å². The molecule has 0 N–H and O–H groups in total. The number of fused-ring (bicyclic) bond motifs is 9. The highest BCUT2D eigenvalue weighted by atomic mass is 32.2. The fraction of sp³-hybridized carbons (Fsp3) is 0.0227. The Morgan fingerprint density at radius 1 is 0.580 bits per heavy atom. The van der Waals surface area contributed by atoms with Gasteiger partial charge in [-0.1, -0.05) is 85.5 Å². The van der Waals surface area contributed by atoms with Gasteiger partial charge in [0.2, 0.25) is 0 Å². The molecule has 238 valence electrons. The Morgan fingerprint density at radius 3 is 1.96 bits per heavy atom. The third-order valence-corrected chi connectivity index (χ3v) is 13.2. The van der Waals surface area contributed by atoms with E-state index in [1.807, 2.05) is 102 Å². The monoisotopic (exact) mass is 681 g/mol. The molecule has 2 unspecified atom stereocenters. The smallest absolute Gasteiger partial charge is 0.263 e. The summed E-state index contributed by atoms with van der Waals surface area (Å²) in [6, 6.07) is 38.6. The van der Waals surface area contributed by atoms with E-state index in [-0.39, 0.29) is 5.56 Å². The van der Waals surface area contributed by atoms with Crippen molar-refractivity contribution in [1.82, 2.24) is 4.40 Å². The Balaban J connectivity index is 1.22. The summed E-state index contributed by atoms with van der Waals surface area (Å²) in [5, 5.41) is 4.47. The maximum atomic E-state index is 14.1. The van der Waals surface area contributed by atoms with Crippen LogP contribution in [0.3, 0.4) is 0 Å². The Morgan fingerprint density at radius 2 is 1.18 bits per heavy atom. The molecule has 0 radical (unpaired) electrons. The highest BCUT2D eigenvalue weighted by Gasteiger charge is 2.28. The van der Waals surface area contributed by atoms with Gasteiger partial charge in [-0.15, -0.1) is 0 Å². The molecule has 2 atom stereocenters. The summed E-state index contributed by atoms with van der Waals surface area (Å²) in [4.78, 5) is 17.3. The summed E-state index contributed by atoms with van der Waals surface area (Å²) in [6.07, 6.45) is 5.60. The average molecular weight is 682 g/mol. The van der Waals surface area contributed by atoms with Crippen molar-refractivity contribution in [2.75, 3.05) is 0 Å². The first-order valence-corrected chi connectivity index (χ1v) is 18.7. The van der Waals surface area contributed by atoms with E-state index in [0.717, 1.165) is 96.7 Å². The maximum Gasteiger partial charge on any atom is 0.263 e. The van der Waals surface area contributed by atoms with Crippen LogP contribution in [-0.2, 0) is 21.6 Å². The first-order chi connectivity index (χ1) is 24.5. The number of benzene rings is 6. The largest absolute Gasteiger partial charge is 0.275 e. The maximum absolute atomic E-state index is 14.1. The van der Waals surface area contributed by atoms with Gasteiger partial charge in [-0.2, -0.15) is 0 Å². The Hall–Kier alpha value is -5.69. The zero-order chi connectivity index (χ0) is 33.8. The van der Waals surface area contributed by atoms with Crippen molar-refractivity contribution in [3.05, 3.63) is 161 Å². The molecule has 0 fully saturated rings. The molecule has 0 aliphatic carbocycles. The Labute approximate surface area is 292 Å². The zero-order valence-corrected chi connectivity index (χ0v) is 28.5. The van der Waals surface area contributed by atoms with Crippen LogP contribution in [0.5, 0.6) is 0 Å². The fourth-order valence-electron chi connectivity index (χ4n) is 7.92. The first kappa shape index (κ1) is 29.2. The van der Waals surface area contributed by atoms with Gasteiger partial charge in [-0.25, -0.2) is 8.42 Å². The molecule has 8 aromatic rings. The number of rotatable bonds is 4. The molecule has 2 aromatic heterocycles. The van der Waals surface area contributed by atoms with E-state index in [9.17, 15) is 13.2 Å². The van der Waals surface area contributed by atoms with Crippen molar-refractivity contribution in [1.29, 1.82) is 0 Å². The quantitative estimate of drug-likeness (QED) is 0.174. The van der Waals surface area contributed by atoms with Crippen LogP contribution in [0.1, 0.15) is 12.5 Å². The second-order valence-corrected chi connectivity index (χ2v) is 15.6. The second kappa shape index (κ2) is 10.7. The molecule has 6 heteroatoms. The minimum atomic E-state index is -1.32. The van der Waals surface area contributed by atoms with Gasteiger partial charge in [0, 0.05) is 21.5 Å². The lowest BCUT2D eigenvalue weighted by Crippen LogP contribution is -2.12. The number of aromatic nitrogens is 1. The zero-order valence-electron chi connectivity index (χ0n) is 26.9. The predicted molar refractivity (Wildman–Crippen MR) is 207 cm³/mol. The molecule has 4 heterocycles. The molecule has 6 aromatic carbocycles. The van der Waals surface area contributed by atoms with Gasteiger partial charge in [0.1, 0.15) is 0 Å². The van der Waals surface area contributed by atoms with Gasteiger partial charge >= 0.3 is 0 Å². The van der Waals surface area contributed by atoms with Gasteiger partial charge in [-0.3, -0.25) is 9.20 Å². The molecule has 50 heavy (non-hydrogen) atoms. The number of hydrogen-bond donors (Lipinski definition) is 0. The minimum Gasteiger partial charge on any atom is -0.275 e. The topological polar surface area (TPSA) is 55.6 Å². The Bertz CT molecular complexity index is 3020. The SMILES string of the molecule is C=CC1=C(/C=C\C)S(=O)c2cc(-c3cc4c5ccccc5c(=O)n5c6ccc(-c7ccc8c(c7)S(=O)c7ccccc7-8)cc6c(c3)c45)ccc21. The van der Waals surface area contributed by atoms with Crippen LogP contribution >= 0.6 is 0 Å². The van der Waals surface area contributed by atoms with Gasteiger partial charge in [-0.05, 0) is 111 Å². The number of allylic oxidation sites excluding steroid dienone is 4. The third-order valence-electron chi connectivity index (χ3n) is 10.2. The highest BCUT2D eigenvalue weighted by molar-refractivity contribution is 7.90. The van der Waals surface area contributed by atoms with E-state index in [2.05, 4.69) is 43.0 Å². The summed E-state index contributed by atoms with van der Waals surface area (Å²) in [7, 11) is -2.56. The molecule has 0 saturated carbocycles. The predicted octanol–water partition coefficient (Wildman–Crippen LogP) is 10.3. The highest BCUT2D eigenvalue weighted by Crippen LogP contribution is 2.45. The van der Waals surface area contributed by atoms with Crippen LogP contribution in [0.4, 0.5) is 0 Å². The minimum absolute atomic E-state index is 0.0493.